The quantitative estimate of drug-likeness (QED) is 0.479. The number of halogens is 1. The number of amides is 1. The molecule has 0 bridgehead atoms. The van der Waals surface area contributed by atoms with Crippen LogP contribution in [0.1, 0.15) is 28.2 Å². The van der Waals surface area contributed by atoms with Gasteiger partial charge in [-0.25, -0.2) is 4.79 Å². The molecule has 1 heterocycles. The van der Waals surface area contributed by atoms with Crippen LogP contribution in [0.2, 0.25) is 5.02 Å². The van der Waals surface area contributed by atoms with Crippen molar-refractivity contribution in [3.63, 3.8) is 0 Å². The Morgan fingerprint density at radius 3 is 2.79 bits per heavy atom. The van der Waals surface area contributed by atoms with Gasteiger partial charge in [-0.15, -0.1) is 11.3 Å². The molecule has 0 fully saturated rings. The van der Waals surface area contributed by atoms with Gasteiger partial charge in [0, 0.05) is 17.0 Å². The predicted octanol–water partition coefficient (Wildman–Crippen LogP) is 3.34. The largest absolute Gasteiger partial charge is 0.452 e. The number of carbonyl (C=O) groups is 2. The minimum Gasteiger partial charge on any atom is -0.452 e. The van der Waals surface area contributed by atoms with Crippen LogP contribution >= 0.6 is 22.9 Å². The van der Waals surface area contributed by atoms with Crippen molar-refractivity contribution in [1.29, 1.82) is 0 Å². The van der Waals surface area contributed by atoms with Gasteiger partial charge < -0.3 is 10.1 Å². The first-order valence-corrected chi connectivity index (χ1v) is 8.08. The van der Waals surface area contributed by atoms with E-state index in [1.165, 1.54) is 23.5 Å². The van der Waals surface area contributed by atoms with Gasteiger partial charge in [-0.1, -0.05) is 17.7 Å². The Bertz CT molecular complexity index is 763. The minimum atomic E-state index is -0.900. The zero-order chi connectivity index (χ0) is 17.7. The van der Waals surface area contributed by atoms with Crippen molar-refractivity contribution in [1.82, 2.24) is 5.32 Å². The normalized spacial score (nSPS) is 11.6. The molecule has 1 aromatic carbocycles. The number of hydrogen-bond acceptors (Lipinski definition) is 6. The number of benzene rings is 1. The van der Waals surface area contributed by atoms with Crippen molar-refractivity contribution < 1.29 is 19.2 Å². The Morgan fingerprint density at radius 2 is 2.17 bits per heavy atom. The second-order valence-corrected chi connectivity index (χ2v) is 6.19. The van der Waals surface area contributed by atoms with Gasteiger partial charge in [-0.05, 0) is 24.4 Å². The van der Waals surface area contributed by atoms with Crippen LogP contribution in [-0.4, -0.2) is 23.4 Å². The number of thiophene rings is 1. The summed E-state index contributed by atoms with van der Waals surface area (Å²) in [5.74, 6) is -1.38. The number of non-ortho nitro benzene ring substituents is 1. The third-order valence-electron chi connectivity index (χ3n) is 3.06. The lowest BCUT2D eigenvalue weighted by atomic mass is 10.2. The summed E-state index contributed by atoms with van der Waals surface area (Å²) in [4.78, 5) is 34.8. The maximum absolute atomic E-state index is 12.0. The maximum Gasteiger partial charge on any atom is 0.340 e. The highest BCUT2D eigenvalue weighted by Gasteiger charge is 2.19. The van der Waals surface area contributed by atoms with Crippen LogP contribution in [0.4, 0.5) is 5.69 Å². The summed E-state index contributed by atoms with van der Waals surface area (Å²) < 4.78 is 4.87. The minimum absolute atomic E-state index is 0.0120. The lowest BCUT2D eigenvalue weighted by Crippen LogP contribution is -2.30. The van der Waals surface area contributed by atoms with E-state index in [1.807, 2.05) is 24.4 Å². The molecule has 0 aliphatic rings. The van der Waals surface area contributed by atoms with Crippen LogP contribution in [0.15, 0.2) is 35.7 Å². The Morgan fingerprint density at radius 1 is 1.42 bits per heavy atom. The third-order valence-corrected chi connectivity index (χ3v) is 4.45. The first-order valence-electron chi connectivity index (χ1n) is 6.82. The third kappa shape index (κ3) is 4.53. The van der Waals surface area contributed by atoms with Crippen molar-refractivity contribution in [2.45, 2.75) is 13.0 Å². The number of nitro benzene ring substituents is 1. The molecule has 0 unspecified atom stereocenters. The van der Waals surface area contributed by atoms with Gasteiger partial charge in [-0.3, -0.25) is 14.9 Å². The second-order valence-electron chi connectivity index (χ2n) is 4.80. The Balaban J connectivity index is 1.94. The number of nitro groups is 1. The number of hydrogen-bond donors (Lipinski definition) is 1. The summed E-state index contributed by atoms with van der Waals surface area (Å²) in [6.45, 7) is 1.30. The van der Waals surface area contributed by atoms with E-state index >= 15 is 0 Å². The molecule has 2 rings (SSSR count). The first-order chi connectivity index (χ1) is 11.4. The summed E-state index contributed by atoms with van der Waals surface area (Å²) in [6.07, 6.45) is 0. The molecule has 0 saturated heterocycles. The Hall–Kier alpha value is -2.45. The number of ether oxygens (including phenoxy) is 1. The van der Waals surface area contributed by atoms with Gasteiger partial charge in [0.15, 0.2) is 6.61 Å². The number of esters is 1. The zero-order valence-corrected chi connectivity index (χ0v) is 14.1. The maximum atomic E-state index is 12.0. The van der Waals surface area contributed by atoms with E-state index in [9.17, 15) is 19.7 Å². The Labute approximate surface area is 146 Å². The lowest BCUT2D eigenvalue weighted by Gasteiger charge is -2.12. The lowest BCUT2D eigenvalue weighted by molar-refractivity contribution is -0.384. The van der Waals surface area contributed by atoms with Crippen molar-refractivity contribution in [2.75, 3.05) is 6.61 Å². The van der Waals surface area contributed by atoms with Crippen LogP contribution < -0.4 is 5.32 Å². The van der Waals surface area contributed by atoms with E-state index in [2.05, 4.69) is 5.32 Å². The van der Waals surface area contributed by atoms with Crippen LogP contribution in [0.5, 0.6) is 0 Å². The summed E-state index contributed by atoms with van der Waals surface area (Å²) in [5.41, 5.74) is -0.452. The highest BCUT2D eigenvalue weighted by Crippen LogP contribution is 2.23. The molecular formula is C15H13ClN2O5S. The molecule has 0 spiro atoms. The molecule has 0 aliphatic heterocycles. The van der Waals surface area contributed by atoms with Crippen LogP contribution in [0.3, 0.4) is 0 Å². The van der Waals surface area contributed by atoms with E-state index in [-0.39, 0.29) is 22.3 Å². The molecule has 24 heavy (non-hydrogen) atoms. The van der Waals surface area contributed by atoms with Gasteiger partial charge in [0.2, 0.25) is 0 Å². The fourth-order valence-corrected chi connectivity index (χ4v) is 2.81. The molecule has 1 amide bonds. The molecule has 2 aromatic rings. The summed E-state index contributed by atoms with van der Waals surface area (Å²) in [5, 5.41) is 15.3. The van der Waals surface area contributed by atoms with Crippen molar-refractivity contribution in [3.05, 3.63) is 61.3 Å². The number of rotatable bonds is 6. The second kappa shape index (κ2) is 7.89. The van der Waals surface area contributed by atoms with Crippen LogP contribution in [0, 0.1) is 10.1 Å². The monoisotopic (exact) mass is 368 g/mol. The van der Waals surface area contributed by atoms with Gasteiger partial charge in [0.1, 0.15) is 0 Å². The average molecular weight is 369 g/mol. The predicted molar refractivity (Wildman–Crippen MR) is 89.3 cm³/mol. The fraction of sp³-hybridized carbons (Fsp3) is 0.200. The molecule has 1 aromatic heterocycles. The molecule has 0 radical (unpaired) electrons. The molecule has 1 N–H and O–H groups in total. The van der Waals surface area contributed by atoms with Gasteiger partial charge in [0.25, 0.3) is 11.6 Å². The molecule has 9 heteroatoms. The van der Waals surface area contributed by atoms with Gasteiger partial charge >= 0.3 is 5.97 Å². The topological polar surface area (TPSA) is 98.5 Å². The van der Waals surface area contributed by atoms with Crippen LogP contribution in [-0.2, 0) is 9.53 Å². The smallest absolute Gasteiger partial charge is 0.340 e. The first kappa shape index (κ1) is 17.9. The molecule has 126 valence electrons. The van der Waals surface area contributed by atoms with Crippen molar-refractivity contribution >= 4 is 40.5 Å². The Kier molecular flexibility index (Phi) is 5.88. The van der Waals surface area contributed by atoms with E-state index in [1.54, 1.807) is 0 Å². The molecule has 0 aliphatic carbocycles. The average Bonchev–Trinajstić information content (AvgIpc) is 3.07. The molecule has 0 saturated carbocycles. The highest BCUT2D eigenvalue weighted by molar-refractivity contribution is 7.10. The number of carbonyl (C=O) groups excluding carboxylic acids is 2. The van der Waals surface area contributed by atoms with E-state index in [4.69, 9.17) is 16.3 Å². The number of nitrogens with zero attached hydrogens (tertiary/aromatic N) is 1. The van der Waals surface area contributed by atoms with E-state index in [0.717, 1.165) is 10.9 Å². The van der Waals surface area contributed by atoms with Gasteiger partial charge in [-0.2, -0.15) is 0 Å². The number of nitrogens with one attached hydrogen (secondary N) is 1. The van der Waals surface area contributed by atoms with Crippen LogP contribution in [0.25, 0.3) is 0 Å². The highest BCUT2D eigenvalue weighted by atomic mass is 35.5. The van der Waals surface area contributed by atoms with E-state index < -0.39 is 23.4 Å². The summed E-state index contributed by atoms with van der Waals surface area (Å²) >= 11 is 7.34. The van der Waals surface area contributed by atoms with Gasteiger partial charge in [0.05, 0.1) is 21.6 Å². The molecule has 7 nitrogen and oxygen atoms in total. The summed E-state index contributed by atoms with van der Waals surface area (Å²) in [6, 6.07) is 6.95. The van der Waals surface area contributed by atoms with Crippen molar-refractivity contribution in [2.24, 2.45) is 0 Å². The molecular weight excluding hydrogens is 356 g/mol. The standard InChI is InChI=1S/C15H13ClN2O5S/c1-9(13-3-2-6-24-13)17-14(19)8-23-15(20)11-7-10(18(21)22)4-5-12(11)16/h2-7,9H,8H2,1H3,(H,17,19)/t9-/m0/s1. The molecule has 1 atom stereocenters. The summed E-state index contributed by atoms with van der Waals surface area (Å²) in [7, 11) is 0. The van der Waals surface area contributed by atoms with E-state index in [0.29, 0.717) is 0 Å². The van der Waals surface area contributed by atoms with Crippen molar-refractivity contribution in [3.8, 4) is 0 Å². The SMILES string of the molecule is C[C@H](NC(=O)COC(=O)c1cc([N+](=O)[O-])ccc1Cl)c1cccs1. The zero-order valence-electron chi connectivity index (χ0n) is 12.5. The fourth-order valence-electron chi connectivity index (χ4n) is 1.88.